The second-order valence-corrected chi connectivity index (χ2v) is 8.40. The molecule has 0 aliphatic rings. The van der Waals surface area contributed by atoms with Gasteiger partial charge in [-0.05, 0) is 62.7 Å². The molecule has 152 valence electrons. The molecule has 2 aromatic carbocycles. The molecule has 0 fully saturated rings. The molecule has 2 aromatic rings. The van der Waals surface area contributed by atoms with E-state index in [-0.39, 0.29) is 5.91 Å². The van der Waals surface area contributed by atoms with Crippen LogP contribution in [0.15, 0.2) is 48.5 Å². The Bertz CT molecular complexity index is 874. The van der Waals surface area contributed by atoms with Crippen LogP contribution in [0.1, 0.15) is 36.7 Å². The number of sulfonamides is 1. The molecule has 28 heavy (non-hydrogen) atoms. The maximum Gasteiger partial charge on any atom is 0.251 e. The van der Waals surface area contributed by atoms with Crippen LogP contribution in [-0.2, 0) is 16.6 Å². The highest BCUT2D eigenvalue weighted by atomic mass is 32.2. The molecule has 0 spiro atoms. The van der Waals surface area contributed by atoms with E-state index in [0.29, 0.717) is 24.3 Å². The quantitative estimate of drug-likeness (QED) is 0.698. The molecule has 0 radical (unpaired) electrons. The number of hydrogen-bond donors (Lipinski definition) is 1. The number of carbonyl (C=O) groups excluding carboxylic acids is 1. The van der Waals surface area contributed by atoms with Crippen LogP contribution in [0.3, 0.4) is 0 Å². The minimum absolute atomic E-state index is 0.193. The molecule has 0 saturated heterocycles. The van der Waals surface area contributed by atoms with Gasteiger partial charge in [0.15, 0.2) is 0 Å². The summed E-state index contributed by atoms with van der Waals surface area (Å²) in [6.07, 6.45) is 1.17. The van der Waals surface area contributed by atoms with Gasteiger partial charge in [0.2, 0.25) is 10.0 Å². The van der Waals surface area contributed by atoms with Crippen molar-refractivity contribution in [2.75, 3.05) is 35.1 Å². The zero-order valence-corrected chi connectivity index (χ0v) is 17.8. The molecular formula is C21H29N3O3S. The first-order valence-corrected chi connectivity index (χ1v) is 11.3. The van der Waals surface area contributed by atoms with Crippen molar-refractivity contribution in [3.05, 3.63) is 59.7 Å². The van der Waals surface area contributed by atoms with E-state index in [0.717, 1.165) is 18.7 Å². The lowest BCUT2D eigenvalue weighted by molar-refractivity contribution is 0.0951. The number of hydrogen-bond acceptors (Lipinski definition) is 4. The van der Waals surface area contributed by atoms with Gasteiger partial charge in [0.05, 0.1) is 11.9 Å². The molecule has 1 N–H and O–H groups in total. The fourth-order valence-electron chi connectivity index (χ4n) is 3.09. The Morgan fingerprint density at radius 3 is 1.86 bits per heavy atom. The number of benzene rings is 2. The second-order valence-electron chi connectivity index (χ2n) is 6.50. The highest BCUT2D eigenvalue weighted by Gasteiger charge is 2.15. The lowest BCUT2D eigenvalue weighted by Gasteiger charge is -2.21. The Balaban J connectivity index is 2.00. The van der Waals surface area contributed by atoms with Crippen molar-refractivity contribution in [3.63, 3.8) is 0 Å². The maximum absolute atomic E-state index is 12.4. The molecule has 7 heteroatoms. The molecule has 1 amide bonds. The largest absolute Gasteiger partial charge is 0.372 e. The van der Waals surface area contributed by atoms with Crippen molar-refractivity contribution in [2.24, 2.45) is 0 Å². The Morgan fingerprint density at radius 1 is 0.857 bits per heavy atom. The molecule has 0 heterocycles. The van der Waals surface area contributed by atoms with E-state index in [2.05, 4.69) is 36.2 Å². The van der Waals surface area contributed by atoms with Crippen molar-refractivity contribution < 1.29 is 13.2 Å². The third-order valence-corrected chi connectivity index (χ3v) is 5.89. The number of anilines is 2. The van der Waals surface area contributed by atoms with Crippen LogP contribution >= 0.6 is 0 Å². The SMILES string of the molecule is CCN(CC)c1ccc(CNC(=O)c2ccc(N(CC)S(C)(=O)=O)cc2)cc1. The molecule has 0 aliphatic heterocycles. The third-order valence-electron chi connectivity index (χ3n) is 4.62. The van der Waals surface area contributed by atoms with Gasteiger partial charge >= 0.3 is 0 Å². The van der Waals surface area contributed by atoms with Crippen molar-refractivity contribution in [3.8, 4) is 0 Å². The Labute approximate surface area is 168 Å². The summed E-state index contributed by atoms with van der Waals surface area (Å²) in [7, 11) is -3.33. The van der Waals surface area contributed by atoms with Crippen LogP contribution in [-0.4, -0.2) is 40.2 Å². The lowest BCUT2D eigenvalue weighted by atomic mass is 10.1. The summed E-state index contributed by atoms with van der Waals surface area (Å²) >= 11 is 0. The zero-order valence-electron chi connectivity index (χ0n) is 17.0. The first-order chi connectivity index (χ1) is 13.3. The topological polar surface area (TPSA) is 69.7 Å². The highest BCUT2D eigenvalue weighted by molar-refractivity contribution is 7.92. The van der Waals surface area contributed by atoms with E-state index in [9.17, 15) is 13.2 Å². The molecule has 6 nitrogen and oxygen atoms in total. The third kappa shape index (κ3) is 5.48. The summed E-state index contributed by atoms with van der Waals surface area (Å²) in [5.74, 6) is -0.193. The van der Waals surface area contributed by atoms with E-state index < -0.39 is 10.0 Å². The number of nitrogens with one attached hydrogen (secondary N) is 1. The predicted molar refractivity (Wildman–Crippen MR) is 115 cm³/mol. The zero-order chi connectivity index (χ0) is 20.7. The number of carbonyl (C=O) groups is 1. The number of rotatable bonds is 9. The molecule has 0 aromatic heterocycles. The summed E-state index contributed by atoms with van der Waals surface area (Å²) in [6.45, 7) is 8.70. The highest BCUT2D eigenvalue weighted by Crippen LogP contribution is 2.18. The van der Waals surface area contributed by atoms with E-state index in [4.69, 9.17) is 0 Å². The molecule has 0 saturated carbocycles. The smallest absolute Gasteiger partial charge is 0.251 e. The van der Waals surface area contributed by atoms with Gasteiger partial charge in [-0.25, -0.2) is 8.42 Å². The Hall–Kier alpha value is -2.54. The average Bonchev–Trinajstić information content (AvgIpc) is 2.68. The van der Waals surface area contributed by atoms with Crippen molar-refractivity contribution >= 4 is 27.3 Å². The second kappa shape index (κ2) is 9.59. The lowest BCUT2D eigenvalue weighted by Crippen LogP contribution is -2.29. The fraction of sp³-hybridized carbons (Fsp3) is 0.381. The normalized spacial score (nSPS) is 11.1. The minimum Gasteiger partial charge on any atom is -0.372 e. The molecule has 0 atom stereocenters. The van der Waals surface area contributed by atoms with Crippen LogP contribution in [0.5, 0.6) is 0 Å². The standard InChI is InChI=1S/C21H29N3O3S/c1-5-23(6-2)19-12-8-17(9-13-19)16-22-21(25)18-10-14-20(15-11-18)24(7-3)28(4,26)27/h8-15H,5-7,16H2,1-4H3,(H,22,25). The summed E-state index contributed by atoms with van der Waals surface area (Å²) < 4.78 is 24.9. The first-order valence-electron chi connectivity index (χ1n) is 9.50. The fourth-order valence-corrected chi connectivity index (χ4v) is 4.06. The van der Waals surface area contributed by atoms with Gasteiger partial charge in [-0.2, -0.15) is 0 Å². The van der Waals surface area contributed by atoms with E-state index >= 15 is 0 Å². The van der Waals surface area contributed by atoms with Gasteiger partial charge in [0.25, 0.3) is 5.91 Å². The van der Waals surface area contributed by atoms with Crippen molar-refractivity contribution in [1.29, 1.82) is 0 Å². The van der Waals surface area contributed by atoms with Crippen LogP contribution < -0.4 is 14.5 Å². The van der Waals surface area contributed by atoms with Crippen LogP contribution in [0.4, 0.5) is 11.4 Å². The van der Waals surface area contributed by atoms with Gasteiger partial charge in [-0.1, -0.05) is 12.1 Å². The van der Waals surface area contributed by atoms with Crippen molar-refractivity contribution in [1.82, 2.24) is 5.32 Å². The summed E-state index contributed by atoms with van der Waals surface area (Å²) in [5, 5.41) is 2.90. The van der Waals surface area contributed by atoms with Crippen LogP contribution in [0, 0.1) is 0 Å². The van der Waals surface area contributed by atoms with E-state index in [1.807, 2.05) is 12.1 Å². The average molecular weight is 404 g/mol. The first kappa shape index (κ1) is 21.8. The van der Waals surface area contributed by atoms with Crippen LogP contribution in [0.2, 0.25) is 0 Å². The van der Waals surface area contributed by atoms with Gasteiger partial charge in [-0.3, -0.25) is 9.10 Å². The van der Waals surface area contributed by atoms with Gasteiger partial charge < -0.3 is 10.2 Å². The van der Waals surface area contributed by atoms with Gasteiger partial charge in [0, 0.05) is 37.4 Å². The van der Waals surface area contributed by atoms with Gasteiger partial charge in [-0.15, -0.1) is 0 Å². The summed E-state index contributed by atoms with van der Waals surface area (Å²) in [5.41, 5.74) is 3.23. The van der Waals surface area contributed by atoms with Crippen LogP contribution in [0.25, 0.3) is 0 Å². The Morgan fingerprint density at radius 2 is 1.39 bits per heavy atom. The summed E-state index contributed by atoms with van der Waals surface area (Å²) in [4.78, 5) is 14.6. The number of nitrogens with zero attached hydrogens (tertiary/aromatic N) is 2. The van der Waals surface area contributed by atoms with Crippen molar-refractivity contribution in [2.45, 2.75) is 27.3 Å². The Kier molecular flexibility index (Phi) is 7.45. The minimum atomic E-state index is -3.33. The molecule has 0 aliphatic carbocycles. The monoisotopic (exact) mass is 403 g/mol. The van der Waals surface area contributed by atoms with E-state index in [1.165, 1.54) is 16.2 Å². The summed E-state index contributed by atoms with van der Waals surface area (Å²) in [6, 6.07) is 14.7. The maximum atomic E-state index is 12.4. The van der Waals surface area contributed by atoms with E-state index in [1.54, 1.807) is 31.2 Å². The molecule has 0 unspecified atom stereocenters. The molecular weight excluding hydrogens is 374 g/mol. The van der Waals surface area contributed by atoms with Gasteiger partial charge in [0.1, 0.15) is 0 Å². The number of amides is 1. The molecule has 0 bridgehead atoms. The predicted octanol–water partition coefficient (Wildman–Crippen LogP) is 3.25. The molecule has 2 rings (SSSR count).